The van der Waals surface area contributed by atoms with E-state index in [0.717, 1.165) is 25.3 Å². The fourth-order valence-corrected chi connectivity index (χ4v) is 2.18. The van der Waals surface area contributed by atoms with Crippen molar-refractivity contribution in [1.29, 1.82) is 0 Å². The molecule has 1 aliphatic rings. The van der Waals surface area contributed by atoms with Gasteiger partial charge in [-0.2, -0.15) is 0 Å². The van der Waals surface area contributed by atoms with Gasteiger partial charge in [0.15, 0.2) is 0 Å². The molecule has 2 N–H and O–H groups in total. The third kappa shape index (κ3) is 3.45. The summed E-state index contributed by atoms with van der Waals surface area (Å²) >= 11 is 0. The van der Waals surface area contributed by atoms with Crippen LogP contribution in [-0.4, -0.2) is 30.4 Å². The van der Waals surface area contributed by atoms with Crippen LogP contribution in [-0.2, 0) is 0 Å². The maximum atomic E-state index is 9.66. The van der Waals surface area contributed by atoms with Crippen LogP contribution in [0.1, 0.15) is 31.7 Å². The molecule has 0 radical (unpaired) electrons. The van der Waals surface area contributed by atoms with Gasteiger partial charge in [-0.25, -0.2) is 0 Å². The molecule has 2 rings (SSSR count). The Morgan fingerprint density at radius 3 is 2.94 bits per heavy atom. The molecule has 0 spiro atoms. The third-order valence-electron chi connectivity index (χ3n) is 3.03. The van der Waals surface area contributed by atoms with Gasteiger partial charge in [0.2, 0.25) is 0 Å². The van der Waals surface area contributed by atoms with E-state index in [1.807, 2.05) is 26.0 Å². The van der Waals surface area contributed by atoms with Crippen molar-refractivity contribution in [3.8, 4) is 5.75 Å². The van der Waals surface area contributed by atoms with Crippen LogP contribution < -0.4 is 10.1 Å². The van der Waals surface area contributed by atoms with Gasteiger partial charge in [0.05, 0.1) is 12.2 Å². The minimum Gasteiger partial charge on any atom is -0.493 e. The lowest BCUT2D eigenvalue weighted by atomic mass is 9.93. The fourth-order valence-electron chi connectivity index (χ4n) is 2.18. The van der Waals surface area contributed by atoms with Crippen molar-refractivity contribution in [1.82, 2.24) is 5.32 Å². The molecule has 0 saturated heterocycles. The van der Waals surface area contributed by atoms with Crippen molar-refractivity contribution in [3.05, 3.63) is 29.8 Å². The predicted molar refractivity (Wildman–Crippen MR) is 68.5 cm³/mol. The Morgan fingerprint density at radius 2 is 2.18 bits per heavy atom. The summed E-state index contributed by atoms with van der Waals surface area (Å²) in [6, 6.07) is 8.21. The summed E-state index contributed by atoms with van der Waals surface area (Å²) in [4.78, 5) is 0. The Hall–Kier alpha value is -1.06. The summed E-state index contributed by atoms with van der Waals surface area (Å²) < 4.78 is 5.62. The van der Waals surface area contributed by atoms with Gasteiger partial charge >= 0.3 is 0 Å². The summed E-state index contributed by atoms with van der Waals surface area (Å²) in [5, 5.41) is 13.0. The second-order valence-electron chi connectivity index (χ2n) is 5.32. The molecule has 0 aliphatic carbocycles. The molecule has 1 aromatic carbocycles. The Labute approximate surface area is 103 Å². The maximum absolute atomic E-state index is 9.66. The Balaban J connectivity index is 1.95. The first-order valence-corrected chi connectivity index (χ1v) is 6.21. The molecular formula is C14H21NO2. The molecule has 94 valence electrons. The molecule has 3 nitrogen and oxygen atoms in total. The first-order valence-electron chi connectivity index (χ1n) is 6.21. The zero-order chi connectivity index (χ0) is 12.3. The van der Waals surface area contributed by atoms with Crippen LogP contribution in [0.3, 0.4) is 0 Å². The van der Waals surface area contributed by atoms with Crippen LogP contribution in [0, 0.1) is 0 Å². The Bertz CT molecular complexity index is 371. The number of para-hydroxylation sites is 1. The van der Waals surface area contributed by atoms with Crippen molar-refractivity contribution < 1.29 is 9.84 Å². The van der Waals surface area contributed by atoms with Crippen LogP contribution in [0.4, 0.5) is 0 Å². The lowest BCUT2D eigenvalue weighted by Gasteiger charge is -2.27. The van der Waals surface area contributed by atoms with E-state index in [4.69, 9.17) is 4.74 Å². The zero-order valence-electron chi connectivity index (χ0n) is 10.6. The van der Waals surface area contributed by atoms with Crippen molar-refractivity contribution in [2.75, 3.05) is 19.7 Å². The average Bonchev–Trinajstić information content (AvgIpc) is 2.28. The molecule has 1 aliphatic heterocycles. The molecule has 17 heavy (non-hydrogen) atoms. The SMILES string of the molecule is CC(C)(O)CNCC1CCOc2ccccc21. The van der Waals surface area contributed by atoms with E-state index >= 15 is 0 Å². The van der Waals surface area contributed by atoms with Crippen molar-refractivity contribution >= 4 is 0 Å². The molecule has 0 bridgehead atoms. The van der Waals surface area contributed by atoms with Gasteiger partial charge in [0, 0.05) is 19.0 Å². The average molecular weight is 235 g/mol. The van der Waals surface area contributed by atoms with Gasteiger partial charge < -0.3 is 15.2 Å². The van der Waals surface area contributed by atoms with E-state index < -0.39 is 5.60 Å². The number of rotatable bonds is 4. The highest BCUT2D eigenvalue weighted by atomic mass is 16.5. The highest BCUT2D eigenvalue weighted by Gasteiger charge is 2.21. The second kappa shape index (κ2) is 5.07. The first kappa shape index (κ1) is 12.4. The topological polar surface area (TPSA) is 41.5 Å². The van der Waals surface area contributed by atoms with Crippen molar-refractivity contribution in [3.63, 3.8) is 0 Å². The molecule has 1 unspecified atom stereocenters. The normalized spacial score (nSPS) is 19.6. The summed E-state index contributed by atoms with van der Waals surface area (Å²) in [6.45, 7) is 5.93. The summed E-state index contributed by atoms with van der Waals surface area (Å²) in [7, 11) is 0. The number of fused-ring (bicyclic) bond motifs is 1. The van der Waals surface area contributed by atoms with Crippen LogP contribution in [0.15, 0.2) is 24.3 Å². The molecule has 1 aromatic rings. The lowest BCUT2D eigenvalue weighted by Crippen LogP contribution is -2.37. The standard InChI is InChI=1S/C14H21NO2/c1-14(2,16)10-15-9-11-7-8-17-13-6-4-3-5-12(11)13/h3-6,11,15-16H,7-10H2,1-2H3. The van der Waals surface area contributed by atoms with Gasteiger partial charge in [-0.05, 0) is 31.9 Å². The molecule has 1 atom stereocenters. The summed E-state index contributed by atoms with van der Waals surface area (Å²) in [5.41, 5.74) is 0.631. The number of hydrogen-bond donors (Lipinski definition) is 2. The molecular weight excluding hydrogens is 214 g/mol. The smallest absolute Gasteiger partial charge is 0.122 e. The molecule has 0 fully saturated rings. The van der Waals surface area contributed by atoms with E-state index in [1.165, 1.54) is 5.56 Å². The molecule has 0 saturated carbocycles. The second-order valence-corrected chi connectivity index (χ2v) is 5.32. The molecule has 0 aromatic heterocycles. The van der Waals surface area contributed by atoms with Crippen molar-refractivity contribution in [2.45, 2.75) is 31.8 Å². The zero-order valence-corrected chi connectivity index (χ0v) is 10.6. The van der Waals surface area contributed by atoms with E-state index in [9.17, 15) is 5.11 Å². The monoisotopic (exact) mass is 235 g/mol. The Kier molecular flexibility index (Phi) is 3.69. The molecule has 3 heteroatoms. The van der Waals surface area contributed by atoms with E-state index in [1.54, 1.807) is 0 Å². The quantitative estimate of drug-likeness (QED) is 0.837. The number of nitrogens with one attached hydrogen (secondary N) is 1. The van der Waals surface area contributed by atoms with E-state index in [0.29, 0.717) is 12.5 Å². The fraction of sp³-hybridized carbons (Fsp3) is 0.571. The maximum Gasteiger partial charge on any atom is 0.122 e. The third-order valence-corrected chi connectivity index (χ3v) is 3.03. The highest BCUT2D eigenvalue weighted by molar-refractivity contribution is 5.37. The highest BCUT2D eigenvalue weighted by Crippen LogP contribution is 2.32. The van der Waals surface area contributed by atoms with Crippen LogP contribution in [0.5, 0.6) is 5.75 Å². The van der Waals surface area contributed by atoms with Gasteiger partial charge in [-0.3, -0.25) is 0 Å². The number of ether oxygens (including phenoxy) is 1. The summed E-state index contributed by atoms with van der Waals surface area (Å²) in [5.74, 6) is 1.50. The van der Waals surface area contributed by atoms with Gasteiger partial charge in [0.1, 0.15) is 5.75 Å². The van der Waals surface area contributed by atoms with Crippen LogP contribution >= 0.6 is 0 Å². The van der Waals surface area contributed by atoms with Crippen LogP contribution in [0.2, 0.25) is 0 Å². The van der Waals surface area contributed by atoms with E-state index in [-0.39, 0.29) is 0 Å². The lowest BCUT2D eigenvalue weighted by molar-refractivity contribution is 0.0791. The minimum absolute atomic E-state index is 0.488. The Morgan fingerprint density at radius 1 is 1.41 bits per heavy atom. The minimum atomic E-state index is -0.648. The summed E-state index contributed by atoms with van der Waals surface area (Å²) in [6.07, 6.45) is 1.04. The van der Waals surface area contributed by atoms with Crippen LogP contribution in [0.25, 0.3) is 0 Å². The predicted octanol–water partition coefficient (Wildman–Crippen LogP) is 1.91. The first-order chi connectivity index (χ1) is 8.06. The van der Waals surface area contributed by atoms with Gasteiger partial charge in [-0.15, -0.1) is 0 Å². The largest absolute Gasteiger partial charge is 0.493 e. The van der Waals surface area contributed by atoms with E-state index in [2.05, 4.69) is 17.4 Å². The number of hydrogen-bond acceptors (Lipinski definition) is 3. The van der Waals surface area contributed by atoms with Crippen molar-refractivity contribution in [2.24, 2.45) is 0 Å². The number of benzene rings is 1. The molecule has 0 amide bonds. The molecule has 1 heterocycles. The number of aliphatic hydroxyl groups is 1. The van der Waals surface area contributed by atoms with Gasteiger partial charge in [0.25, 0.3) is 0 Å². The van der Waals surface area contributed by atoms with Gasteiger partial charge in [-0.1, -0.05) is 18.2 Å².